The van der Waals surface area contributed by atoms with Gasteiger partial charge in [0.05, 0.1) is 17.4 Å². The Balaban J connectivity index is 1.47. The minimum absolute atomic E-state index is 0.0315. The number of imidazole rings is 1. The first-order valence-corrected chi connectivity index (χ1v) is 11.0. The van der Waals surface area contributed by atoms with Gasteiger partial charge < -0.3 is 14.4 Å². The first kappa shape index (κ1) is 19.3. The number of rotatable bonds is 5. The maximum absolute atomic E-state index is 13.7. The van der Waals surface area contributed by atoms with Crippen molar-refractivity contribution in [2.45, 2.75) is 45.1 Å². The highest BCUT2D eigenvalue weighted by Crippen LogP contribution is 2.50. The molecule has 2 aliphatic heterocycles. The molecule has 2 atom stereocenters. The molecule has 1 saturated carbocycles. The van der Waals surface area contributed by atoms with Crippen LogP contribution in [0.3, 0.4) is 0 Å². The third-order valence-corrected chi connectivity index (χ3v) is 7.05. The molecule has 0 radical (unpaired) electrons. The van der Waals surface area contributed by atoms with Gasteiger partial charge in [-0.3, -0.25) is 14.6 Å². The minimum atomic E-state index is -0.562. The first-order valence-electron chi connectivity index (χ1n) is 11.0. The SMILES string of the molecule is CC(C)n1cnc([C@H]2CN(C(=O)c3ccncc3)C[C@@]23CCN(CC2CC2)C3=O)c1. The van der Waals surface area contributed by atoms with E-state index >= 15 is 0 Å². The number of likely N-dealkylation sites (tertiary alicyclic amines) is 2. The van der Waals surface area contributed by atoms with Gasteiger partial charge in [-0.25, -0.2) is 4.98 Å². The van der Waals surface area contributed by atoms with E-state index in [2.05, 4.69) is 34.6 Å². The summed E-state index contributed by atoms with van der Waals surface area (Å²) >= 11 is 0. The monoisotopic (exact) mass is 407 g/mol. The smallest absolute Gasteiger partial charge is 0.254 e. The van der Waals surface area contributed by atoms with E-state index in [1.54, 1.807) is 24.5 Å². The standard InChI is InChI=1S/C23H29N5O2/c1-16(2)28-13-20(25-15-28)19-12-27(21(29)18-5-8-24-9-6-18)14-23(19)7-10-26(22(23)30)11-17-3-4-17/h5-6,8-9,13,15-17,19H,3-4,7,10-12,14H2,1-2H3/t19-,23+/m1/s1. The van der Waals surface area contributed by atoms with Gasteiger partial charge >= 0.3 is 0 Å². The molecule has 4 heterocycles. The number of amides is 2. The highest BCUT2D eigenvalue weighted by Gasteiger charge is 2.59. The Morgan fingerprint density at radius 2 is 2.03 bits per heavy atom. The molecule has 2 aromatic heterocycles. The predicted octanol–water partition coefficient (Wildman–Crippen LogP) is 2.73. The predicted molar refractivity (Wildman–Crippen MR) is 112 cm³/mol. The lowest BCUT2D eigenvalue weighted by Crippen LogP contribution is -2.41. The molecule has 7 nitrogen and oxygen atoms in total. The fraction of sp³-hybridized carbons (Fsp3) is 0.565. The Hall–Kier alpha value is -2.70. The van der Waals surface area contributed by atoms with E-state index < -0.39 is 5.41 Å². The van der Waals surface area contributed by atoms with Gasteiger partial charge in [0.2, 0.25) is 5.91 Å². The molecule has 3 fully saturated rings. The number of aromatic nitrogens is 3. The maximum atomic E-state index is 13.7. The van der Waals surface area contributed by atoms with Crippen LogP contribution in [-0.2, 0) is 4.79 Å². The molecule has 30 heavy (non-hydrogen) atoms. The summed E-state index contributed by atoms with van der Waals surface area (Å²) in [5, 5.41) is 0. The van der Waals surface area contributed by atoms with Crippen LogP contribution in [0.1, 0.15) is 61.1 Å². The highest BCUT2D eigenvalue weighted by molar-refractivity contribution is 5.96. The first-order chi connectivity index (χ1) is 14.5. The van der Waals surface area contributed by atoms with Crippen molar-refractivity contribution in [3.05, 3.63) is 48.3 Å². The van der Waals surface area contributed by atoms with Crippen LogP contribution in [0.15, 0.2) is 37.1 Å². The minimum Gasteiger partial charge on any atom is -0.342 e. The van der Waals surface area contributed by atoms with Crippen LogP contribution in [0, 0.1) is 11.3 Å². The van der Waals surface area contributed by atoms with E-state index in [0.717, 1.165) is 25.2 Å². The summed E-state index contributed by atoms with van der Waals surface area (Å²) in [5.74, 6) is 0.776. The van der Waals surface area contributed by atoms with Crippen molar-refractivity contribution >= 4 is 11.8 Å². The molecule has 2 amide bonds. The van der Waals surface area contributed by atoms with Crippen LogP contribution in [0.25, 0.3) is 0 Å². The van der Waals surface area contributed by atoms with Gasteiger partial charge in [0.1, 0.15) is 0 Å². The van der Waals surface area contributed by atoms with Crippen molar-refractivity contribution in [3.63, 3.8) is 0 Å². The highest BCUT2D eigenvalue weighted by atomic mass is 16.2. The van der Waals surface area contributed by atoms with E-state index in [1.165, 1.54) is 12.8 Å². The zero-order chi connectivity index (χ0) is 20.9. The average Bonchev–Trinajstić information content (AvgIpc) is 3.17. The Morgan fingerprint density at radius 1 is 1.27 bits per heavy atom. The van der Waals surface area contributed by atoms with Crippen LogP contribution in [0.4, 0.5) is 0 Å². The van der Waals surface area contributed by atoms with Gasteiger partial charge in [0.25, 0.3) is 5.91 Å². The van der Waals surface area contributed by atoms with Crippen molar-refractivity contribution in [1.29, 1.82) is 0 Å². The van der Waals surface area contributed by atoms with E-state index in [4.69, 9.17) is 0 Å². The second kappa shape index (κ2) is 7.22. The summed E-state index contributed by atoms with van der Waals surface area (Å²) in [4.78, 5) is 39.5. The zero-order valence-corrected chi connectivity index (χ0v) is 17.7. The fourth-order valence-corrected chi connectivity index (χ4v) is 5.05. The summed E-state index contributed by atoms with van der Waals surface area (Å²) < 4.78 is 2.08. The number of hydrogen-bond donors (Lipinski definition) is 0. The number of carbonyl (C=O) groups is 2. The summed E-state index contributed by atoms with van der Waals surface area (Å²) in [6.07, 6.45) is 10.4. The Kier molecular flexibility index (Phi) is 4.64. The van der Waals surface area contributed by atoms with Gasteiger partial charge in [-0.2, -0.15) is 0 Å². The molecule has 0 unspecified atom stereocenters. The Morgan fingerprint density at radius 3 is 2.70 bits per heavy atom. The van der Waals surface area contributed by atoms with E-state index in [-0.39, 0.29) is 17.7 Å². The Bertz CT molecular complexity index is 952. The second-order valence-corrected chi connectivity index (χ2v) is 9.41. The molecule has 2 saturated heterocycles. The lowest BCUT2D eigenvalue weighted by molar-refractivity contribution is -0.136. The normalized spacial score (nSPS) is 26.4. The number of nitrogens with zero attached hydrogens (tertiary/aromatic N) is 5. The second-order valence-electron chi connectivity index (χ2n) is 9.41. The van der Waals surface area contributed by atoms with E-state index in [1.807, 2.05) is 16.1 Å². The summed E-state index contributed by atoms with van der Waals surface area (Å²) in [6, 6.07) is 3.79. The van der Waals surface area contributed by atoms with E-state index in [9.17, 15) is 9.59 Å². The van der Waals surface area contributed by atoms with Crippen LogP contribution >= 0.6 is 0 Å². The molecule has 0 bridgehead atoms. The van der Waals surface area contributed by atoms with Crippen molar-refractivity contribution in [1.82, 2.24) is 24.3 Å². The molecule has 0 N–H and O–H groups in total. The molecule has 5 rings (SSSR count). The van der Waals surface area contributed by atoms with Crippen LogP contribution in [0.2, 0.25) is 0 Å². The number of pyridine rings is 1. The molecule has 7 heteroatoms. The lowest BCUT2D eigenvalue weighted by atomic mass is 9.75. The quantitative estimate of drug-likeness (QED) is 0.764. The van der Waals surface area contributed by atoms with Crippen molar-refractivity contribution in [2.75, 3.05) is 26.2 Å². The van der Waals surface area contributed by atoms with Gasteiger partial charge in [-0.05, 0) is 51.2 Å². The summed E-state index contributed by atoms with van der Waals surface area (Å²) in [6.45, 7) is 6.88. The maximum Gasteiger partial charge on any atom is 0.254 e. The van der Waals surface area contributed by atoms with Gasteiger partial charge in [-0.1, -0.05) is 0 Å². The fourth-order valence-electron chi connectivity index (χ4n) is 5.05. The van der Waals surface area contributed by atoms with Gasteiger partial charge in [0.15, 0.2) is 0 Å². The molecule has 1 aliphatic carbocycles. The largest absolute Gasteiger partial charge is 0.342 e. The molecular formula is C23H29N5O2. The third kappa shape index (κ3) is 3.20. The molecular weight excluding hydrogens is 378 g/mol. The van der Waals surface area contributed by atoms with Crippen molar-refractivity contribution < 1.29 is 9.59 Å². The average molecular weight is 408 g/mol. The summed E-state index contributed by atoms with van der Waals surface area (Å²) in [5.41, 5.74) is 0.984. The van der Waals surface area contributed by atoms with Crippen molar-refractivity contribution in [3.8, 4) is 0 Å². The number of carbonyl (C=O) groups excluding carboxylic acids is 2. The zero-order valence-electron chi connectivity index (χ0n) is 17.7. The summed E-state index contributed by atoms with van der Waals surface area (Å²) in [7, 11) is 0. The topological polar surface area (TPSA) is 71.3 Å². The lowest BCUT2D eigenvalue weighted by Gasteiger charge is -2.27. The van der Waals surface area contributed by atoms with Crippen LogP contribution < -0.4 is 0 Å². The Labute approximate surface area is 177 Å². The molecule has 1 spiro atoms. The van der Waals surface area contributed by atoms with Crippen LogP contribution in [-0.4, -0.2) is 62.3 Å². The van der Waals surface area contributed by atoms with Gasteiger partial charge in [0, 0.05) is 62.3 Å². The third-order valence-electron chi connectivity index (χ3n) is 7.05. The molecule has 3 aliphatic rings. The molecule has 0 aromatic carbocycles. The molecule has 2 aromatic rings. The van der Waals surface area contributed by atoms with Gasteiger partial charge in [-0.15, -0.1) is 0 Å². The van der Waals surface area contributed by atoms with Crippen LogP contribution in [0.5, 0.6) is 0 Å². The molecule has 158 valence electrons. The van der Waals surface area contributed by atoms with Crippen molar-refractivity contribution in [2.24, 2.45) is 11.3 Å². The van der Waals surface area contributed by atoms with E-state index in [0.29, 0.717) is 30.6 Å². The number of hydrogen-bond acceptors (Lipinski definition) is 4.